The standard InChI is InChI=1S/C14H27N3O2.HI/c1-12-2-6-17(7-3-12)13(15)16-10-14(4-8-18)5-9-19-11-14;/h12,18H,2-11H2,1H3,(H2,15,16);1H. The molecule has 2 heterocycles. The van der Waals surface area contributed by atoms with E-state index in [1.807, 2.05) is 0 Å². The number of ether oxygens (including phenoxy) is 1. The van der Waals surface area contributed by atoms with Crippen molar-refractivity contribution in [3.8, 4) is 0 Å². The van der Waals surface area contributed by atoms with Gasteiger partial charge in [0.25, 0.3) is 0 Å². The number of nitrogens with zero attached hydrogens (tertiary/aromatic N) is 2. The summed E-state index contributed by atoms with van der Waals surface area (Å²) in [7, 11) is 0. The Morgan fingerprint density at radius 1 is 1.45 bits per heavy atom. The second kappa shape index (κ2) is 8.38. The predicted octanol–water partition coefficient (Wildman–Crippen LogP) is 1.44. The van der Waals surface area contributed by atoms with E-state index < -0.39 is 0 Å². The van der Waals surface area contributed by atoms with Gasteiger partial charge in [0, 0.05) is 31.7 Å². The Kier molecular flexibility index (Phi) is 7.53. The van der Waals surface area contributed by atoms with Gasteiger partial charge in [-0.3, -0.25) is 4.99 Å². The van der Waals surface area contributed by atoms with Crippen molar-refractivity contribution >= 4 is 29.9 Å². The summed E-state index contributed by atoms with van der Waals surface area (Å²) in [5.41, 5.74) is 6.10. The van der Waals surface area contributed by atoms with Crippen LogP contribution in [0.15, 0.2) is 4.99 Å². The molecule has 0 radical (unpaired) electrons. The van der Waals surface area contributed by atoms with Crippen LogP contribution in [-0.4, -0.2) is 55.4 Å². The number of nitrogens with two attached hydrogens (primary N) is 1. The molecule has 6 heteroatoms. The van der Waals surface area contributed by atoms with E-state index in [9.17, 15) is 5.11 Å². The first kappa shape index (κ1) is 18.0. The fourth-order valence-corrected chi connectivity index (χ4v) is 2.87. The molecule has 1 atom stereocenters. The van der Waals surface area contributed by atoms with Crippen LogP contribution in [0.1, 0.15) is 32.6 Å². The topological polar surface area (TPSA) is 71.1 Å². The van der Waals surface area contributed by atoms with E-state index in [0.29, 0.717) is 19.1 Å². The third-order valence-corrected chi connectivity index (χ3v) is 4.51. The number of aliphatic hydroxyl groups excluding tert-OH is 1. The summed E-state index contributed by atoms with van der Waals surface area (Å²) >= 11 is 0. The number of aliphatic imine (C=N–C) groups is 1. The predicted molar refractivity (Wildman–Crippen MR) is 91.4 cm³/mol. The summed E-state index contributed by atoms with van der Waals surface area (Å²) in [5.74, 6) is 1.46. The largest absolute Gasteiger partial charge is 0.396 e. The molecule has 2 saturated heterocycles. The van der Waals surface area contributed by atoms with Crippen LogP contribution in [0, 0.1) is 11.3 Å². The Morgan fingerprint density at radius 3 is 2.70 bits per heavy atom. The molecule has 2 fully saturated rings. The molecule has 0 spiro atoms. The van der Waals surface area contributed by atoms with Crippen LogP contribution in [0.3, 0.4) is 0 Å². The zero-order chi connectivity index (χ0) is 13.7. The molecule has 0 bridgehead atoms. The van der Waals surface area contributed by atoms with E-state index in [1.54, 1.807) is 0 Å². The van der Waals surface area contributed by atoms with Crippen molar-refractivity contribution in [2.45, 2.75) is 32.6 Å². The van der Waals surface area contributed by atoms with Crippen molar-refractivity contribution in [2.24, 2.45) is 22.1 Å². The molecule has 0 aliphatic carbocycles. The van der Waals surface area contributed by atoms with Gasteiger partial charge in [0.1, 0.15) is 0 Å². The average Bonchev–Trinajstić information content (AvgIpc) is 2.86. The van der Waals surface area contributed by atoms with Crippen LogP contribution in [-0.2, 0) is 4.74 Å². The Hall–Kier alpha value is -0.0800. The smallest absolute Gasteiger partial charge is 0.191 e. The molecule has 0 aromatic rings. The molecule has 2 aliphatic rings. The number of hydrogen-bond donors (Lipinski definition) is 2. The zero-order valence-electron chi connectivity index (χ0n) is 12.4. The minimum atomic E-state index is 0. The first-order valence-corrected chi connectivity index (χ1v) is 7.39. The van der Waals surface area contributed by atoms with Crippen molar-refractivity contribution in [3.05, 3.63) is 0 Å². The van der Waals surface area contributed by atoms with Gasteiger partial charge in [-0.1, -0.05) is 6.92 Å². The van der Waals surface area contributed by atoms with Gasteiger partial charge in [-0.15, -0.1) is 24.0 Å². The summed E-state index contributed by atoms with van der Waals surface area (Å²) in [6.45, 7) is 6.65. The van der Waals surface area contributed by atoms with Gasteiger partial charge in [0.05, 0.1) is 13.2 Å². The normalized spacial score (nSPS) is 28.5. The summed E-state index contributed by atoms with van der Waals surface area (Å²) in [6, 6.07) is 0. The Morgan fingerprint density at radius 2 is 2.15 bits per heavy atom. The molecule has 118 valence electrons. The first-order chi connectivity index (χ1) is 9.15. The van der Waals surface area contributed by atoms with Gasteiger partial charge in [0.2, 0.25) is 0 Å². The Bertz CT molecular complexity index is 312. The quantitative estimate of drug-likeness (QED) is 0.428. The molecule has 3 N–H and O–H groups in total. The van der Waals surface area contributed by atoms with Gasteiger partial charge in [-0.2, -0.15) is 0 Å². The molecule has 2 aliphatic heterocycles. The highest BCUT2D eigenvalue weighted by Gasteiger charge is 2.34. The number of piperidine rings is 1. The van der Waals surface area contributed by atoms with Crippen LogP contribution < -0.4 is 5.73 Å². The lowest BCUT2D eigenvalue weighted by molar-refractivity contribution is 0.130. The number of likely N-dealkylation sites (tertiary alicyclic amines) is 1. The van der Waals surface area contributed by atoms with E-state index >= 15 is 0 Å². The third-order valence-electron chi connectivity index (χ3n) is 4.51. The van der Waals surface area contributed by atoms with Gasteiger partial charge in [-0.25, -0.2) is 0 Å². The Balaban J connectivity index is 0.00000200. The van der Waals surface area contributed by atoms with Crippen LogP contribution in [0.2, 0.25) is 0 Å². The molecule has 0 amide bonds. The zero-order valence-corrected chi connectivity index (χ0v) is 14.7. The maximum atomic E-state index is 9.19. The highest BCUT2D eigenvalue weighted by molar-refractivity contribution is 14.0. The number of halogens is 1. The van der Waals surface area contributed by atoms with Gasteiger partial charge < -0.3 is 20.5 Å². The lowest BCUT2D eigenvalue weighted by atomic mass is 9.84. The van der Waals surface area contributed by atoms with Crippen LogP contribution in [0.4, 0.5) is 0 Å². The van der Waals surface area contributed by atoms with Crippen molar-refractivity contribution in [1.29, 1.82) is 0 Å². The second-order valence-corrected chi connectivity index (χ2v) is 6.12. The molecular weight excluding hydrogens is 369 g/mol. The summed E-state index contributed by atoms with van der Waals surface area (Å²) in [5, 5.41) is 9.19. The molecule has 0 aromatic carbocycles. The fourth-order valence-electron chi connectivity index (χ4n) is 2.87. The third kappa shape index (κ3) is 4.73. The molecular formula is C14H28IN3O2. The van der Waals surface area contributed by atoms with Crippen LogP contribution in [0.25, 0.3) is 0 Å². The van der Waals surface area contributed by atoms with E-state index in [2.05, 4.69) is 16.8 Å². The number of aliphatic hydroxyl groups is 1. The van der Waals surface area contributed by atoms with Gasteiger partial charge >= 0.3 is 0 Å². The lowest BCUT2D eigenvalue weighted by Crippen LogP contribution is -2.43. The monoisotopic (exact) mass is 397 g/mol. The van der Waals surface area contributed by atoms with E-state index in [0.717, 1.165) is 38.5 Å². The summed E-state index contributed by atoms with van der Waals surface area (Å²) in [4.78, 5) is 6.76. The van der Waals surface area contributed by atoms with Crippen molar-refractivity contribution in [2.75, 3.05) is 39.5 Å². The van der Waals surface area contributed by atoms with Crippen molar-refractivity contribution in [1.82, 2.24) is 4.90 Å². The van der Waals surface area contributed by atoms with Gasteiger partial charge in [-0.05, 0) is 31.6 Å². The maximum Gasteiger partial charge on any atom is 0.191 e. The lowest BCUT2D eigenvalue weighted by Gasteiger charge is -2.32. The highest BCUT2D eigenvalue weighted by Crippen LogP contribution is 2.32. The van der Waals surface area contributed by atoms with Crippen molar-refractivity contribution in [3.63, 3.8) is 0 Å². The molecule has 5 nitrogen and oxygen atoms in total. The summed E-state index contributed by atoms with van der Waals surface area (Å²) in [6.07, 6.45) is 4.12. The highest BCUT2D eigenvalue weighted by atomic mass is 127. The SMILES string of the molecule is CC1CCN(C(N)=NCC2(CCO)CCOC2)CC1.I. The number of guanidine groups is 1. The second-order valence-electron chi connectivity index (χ2n) is 6.12. The van der Waals surface area contributed by atoms with Crippen molar-refractivity contribution < 1.29 is 9.84 Å². The maximum absolute atomic E-state index is 9.19. The van der Waals surface area contributed by atoms with E-state index in [-0.39, 0.29) is 36.0 Å². The molecule has 1 unspecified atom stereocenters. The van der Waals surface area contributed by atoms with Crippen LogP contribution >= 0.6 is 24.0 Å². The Labute approximate surface area is 139 Å². The summed E-state index contributed by atoms with van der Waals surface area (Å²) < 4.78 is 5.47. The molecule has 2 rings (SSSR count). The first-order valence-electron chi connectivity index (χ1n) is 7.39. The van der Waals surface area contributed by atoms with Crippen LogP contribution in [0.5, 0.6) is 0 Å². The average molecular weight is 397 g/mol. The molecule has 0 aromatic heterocycles. The molecule has 20 heavy (non-hydrogen) atoms. The fraction of sp³-hybridized carbons (Fsp3) is 0.929. The number of rotatable bonds is 4. The van der Waals surface area contributed by atoms with Gasteiger partial charge in [0.15, 0.2) is 5.96 Å². The minimum absolute atomic E-state index is 0. The number of hydrogen-bond acceptors (Lipinski definition) is 3. The van der Waals surface area contributed by atoms with E-state index in [4.69, 9.17) is 10.5 Å². The van der Waals surface area contributed by atoms with E-state index in [1.165, 1.54) is 12.8 Å². The minimum Gasteiger partial charge on any atom is -0.396 e. The molecule has 0 saturated carbocycles.